The highest BCUT2D eigenvalue weighted by atomic mass is 16.6. The van der Waals surface area contributed by atoms with E-state index in [1.54, 1.807) is 11.6 Å². The molecule has 1 aromatic heterocycles. The first kappa shape index (κ1) is 12.8. The van der Waals surface area contributed by atoms with E-state index >= 15 is 0 Å². The Morgan fingerprint density at radius 2 is 2.22 bits per heavy atom. The quantitative estimate of drug-likeness (QED) is 0.623. The molecule has 0 spiro atoms. The highest BCUT2D eigenvalue weighted by Gasteiger charge is 2.23. The van der Waals surface area contributed by atoms with Crippen molar-refractivity contribution in [2.24, 2.45) is 13.0 Å². The number of imidazole rings is 1. The average Bonchev–Trinajstić information content (AvgIpc) is 2.70. The van der Waals surface area contributed by atoms with Crippen molar-refractivity contribution in [3.63, 3.8) is 0 Å². The summed E-state index contributed by atoms with van der Waals surface area (Å²) < 4.78 is 1.62. The van der Waals surface area contributed by atoms with E-state index in [1.807, 2.05) is 0 Å². The van der Waals surface area contributed by atoms with Crippen LogP contribution in [0.3, 0.4) is 0 Å². The maximum atomic E-state index is 10.8. The van der Waals surface area contributed by atoms with Gasteiger partial charge in [-0.3, -0.25) is 4.57 Å². The molecule has 0 aromatic carbocycles. The van der Waals surface area contributed by atoms with E-state index in [9.17, 15) is 15.2 Å². The number of nitro groups is 1. The summed E-state index contributed by atoms with van der Waals surface area (Å²) in [4.78, 5) is 14.1. The summed E-state index contributed by atoms with van der Waals surface area (Å²) in [6, 6.07) is 0. The summed E-state index contributed by atoms with van der Waals surface area (Å²) >= 11 is 0. The summed E-state index contributed by atoms with van der Waals surface area (Å²) in [5.41, 5.74) is 0. The lowest BCUT2D eigenvalue weighted by Crippen LogP contribution is -2.24. The van der Waals surface area contributed by atoms with Gasteiger partial charge in [0.1, 0.15) is 0 Å². The van der Waals surface area contributed by atoms with Crippen LogP contribution in [0.15, 0.2) is 6.33 Å². The first-order chi connectivity index (χ1) is 8.58. The molecule has 1 aliphatic carbocycles. The molecule has 1 aromatic rings. The zero-order valence-electron chi connectivity index (χ0n) is 10.4. The van der Waals surface area contributed by atoms with Crippen LogP contribution < -0.4 is 5.32 Å². The van der Waals surface area contributed by atoms with Gasteiger partial charge in [-0.15, -0.1) is 0 Å². The van der Waals surface area contributed by atoms with Crippen molar-refractivity contribution in [2.75, 3.05) is 11.9 Å². The molecule has 7 nitrogen and oxygen atoms in total. The monoisotopic (exact) mass is 254 g/mol. The Morgan fingerprint density at radius 1 is 1.56 bits per heavy atom. The molecule has 7 heteroatoms. The van der Waals surface area contributed by atoms with Crippen LogP contribution >= 0.6 is 0 Å². The zero-order chi connectivity index (χ0) is 13.1. The lowest BCUT2D eigenvalue weighted by atomic mass is 9.87. The lowest BCUT2D eigenvalue weighted by molar-refractivity contribution is -0.388. The molecule has 0 radical (unpaired) electrons. The minimum Gasteiger partial charge on any atom is -0.393 e. The van der Waals surface area contributed by atoms with E-state index in [4.69, 9.17) is 0 Å². The summed E-state index contributed by atoms with van der Waals surface area (Å²) in [6.07, 6.45) is 4.82. The highest BCUT2D eigenvalue weighted by Crippen LogP contribution is 2.26. The number of aryl methyl sites for hydroxylation is 1. The van der Waals surface area contributed by atoms with Crippen LogP contribution in [-0.4, -0.2) is 32.2 Å². The summed E-state index contributed by atoms with van der Waals surface area (Å²) in [7, 11) is 1.73. The molecule has 0 bridgehead atoms. The summed E-state index contributed by atoms with van der Waals surface area (Å²) in [6.45, 7) is 0.688. The SMILES string of the molecule is Cn1cnc([N+](=O)[O-])c1NCC1CCC(O)CC1. The Hall–Kier alpha value is -1.63. The molecular formula is C11H18N4O3. The molecule has 2 rings (SSSR count). The number of hydrogen-bond acceptors (Lipinski definition) is 5. The second kappa shape index (κ2) is 5.34. The minimum absolute atomic E-state index is 0.131. The second-order valence-electron chi connectivity index (χ2n) is 4.84. The normalized spacial score (nSPS) is 23.9. The van der Waals surface area contributed by atoms with Crippen molar-refractivity contribution < 1.29 is 10.0 Å². The molecule has 1 heterocycles. The van der Waals surface area contributed by atoms with Gasteiger partial charge in [0.15, 0.2) is 0 Å². The molecule has 100 valence electrons. The van der Waals surface area contributed by atoms with Crippen molar-refractivity contribution in [2.45, 2.75) is 31.8 Å². The first-order valence-corrected chi connectivity index (χ1v) is 6.15. The zero-order valence-corrected chi connectivity index (χ0v) is 10.4. The molecule has 1 saturated carbocycles. The third-order valence-corrected chi connectivity index (χ3v) is 3.47. The van der Waals surface area contributed by atoms with Gasteiger partial charge >= 0.3 is 5.82 Å². The van der Waals surface area contributed by atoms with Crippen LogP contribution in [0.5, 0.6) is 0 Å². The van der Waals surface area contributed by atoms with Crippen LogP contribution in [-0.2, 0) is 7.05 Å². The topological polar surface area (TPSA) is 93.2 Å². The number of aliphatic hydroxyl groups excluding tert-OH is 1. The van der Waals surface area contributed by atoms with Crippen LogP contribution in [0.25, 0.3) is 0 Å². The van der Waals surface area contributed by atoms with Gasteiger partial charge in [0.2, 0.25) is 12.1 Å². The van der Waals surface area contributed by atoms with E-state index in [0.717, 1.165) is 25.7 Å². The van der Waals surface area contributed by atoms with E-state index in [-0.39, 0.29) is 11.9 Å². The lowest BCUT2D eigenvalue weighted by Gasteiger charge is -2.25. The molecule has 0 aliphatic heterocycles. The molecule has 2 N–H and O–H groups in total. The maximum absolute atomic E-state index is 10.8. The fourth-order valence-corrected chi connectivity index (χ4v) is 2.35. The molecule has 0 atom stereocenters. The van der Waals surface area contributed by atoms with E-state index in [0.29, 0.717) is 18.3 Å². The predicted molar refractivity (Wildman–Crippen MR) is 66.3 cm³/mol. The number of aromatic nitrogens is 2. The molecular weight excluding hydrogens is 236 g/mol. The third-order valence-electron chi connectivity index (χ3n) is 3.47. The predicted octanol–water partition coefficient (Wildman–Crippen LogP) is 1.29. The average molecular weight is 254 g/mol. The fourth-order valence-electron chi connectivity index (χ4n) is 2.35. The number of nitrogens with one attached hydrogen (secondary N) is 1. The van der Waals surface area contributed by atoms with Crippen LogP contribution in [0.1, 0.15) is 25.7 Å². The number of aliphatic hydroxyl groups is 1. The van der Waals surface area contributed by atoms with Gasteiger partial charge in [-0.1, -0.05) is 0 Å². The largest absolute Gasteiger partial charge is 0.406 e. The standard InChI is InChI=1S/C11H18N4O3/c1-14-7-13-11(15(17)18)10(14)12-6-8-2-4-9(16)5-3-8/h7-9,12,16H,2-6H2,1H3. The second-order valence-corrected chi connectivity index (χ2v) is 4.84. The Balaban J connectivity index is 1.94. The number of nitrogens with zero attached hydrogens (tertiary/aromatic N) is 3. The maximum Gasteiger partial charge on any atom is 0.406 e. The van der Waals surface area contributed by atoms with E-state index < -0.39 is 4.92 Å². The smallest absolute Gasteiger partial charge is 0.393 e. The third kappa shape index (κ3) is 2.79. The van der Waals surface area contributed by atoms with Crippen molar-refractivity contribution in [1.29, 1.82) is 0 Å². The molecule has 0 amide bonds. The number of anilines is 1. The Labute approximate surface area is 105 Å². The fraction of sp³-hybridized carbons (Fsp3) is 0.727. The van der Waals surface area contributed by atoms with Crippen molar-refractivity contribution in [3.05, 3.63) is 16.4 Å². The summed E-state index contributed by atoms with van der Waals surface area (Å²) in [5.74, 6) is 0.780. The van der Waals surface area contributed by atoms with Gasteiger partial charge in [0.25, 0.3) is 0 Å². The molecule has 1 fully saturated rings. The highest BCUT2D eigenvalue weighted by molar-refractivity contribution is 5.51. The van der Waals surface area contributed by atoms with Crippen LogP contribution in [0.2, 0.25) is 0 Å². The van der Waals surface area contributed by atoms with Gasteiger partial charge in [-0.25, -0.2) is 0 Å². The van der Waals surface area contributed by atoms with Crippen LogP contribution in [0, 0.1) is 16.0 Å². The van der Waals surface area contributed by atoms with Crippen molar-refractivity contribution in [1.82, 2.24) is 9.55 Å². The van der Waals surface area contributed by atoms with Gasteiger partial charge in [-0.2, -0.15) is 0 Å². The van der Waals surface area contributed by atoms with Crippen molar-refractivity contribution in [3.8, 4) is 0 Å². The van der Waals surface area contributed by atoms with Gasteiger partial charge < -0.3 is 20.5 Å². The van der Waals surface area contributed by atoms with Crippen molar-refractivity contribution >= 4 is 11.6 Å². The van der Waals surface area contributed by atoms with E-state index in [1.165, 1.54) is 6.33 Å². The van der Waals surface area contributed by atoms with Gasteiger partial charge in [-0.05, 0) is 41.5 Å². The minimum atomic E-state index is -0.479. The van der Waals surface area contributed by atoms with Gasteiger partial charge in [0.05, 0.1) is 6.10 Å². The Kier molecular flexibility index (Phi) is 3.81. The first-order valence-electron chi connectivity index (χ1n) is 6.15. The number of hydrogen-bond donors (Lipinski definition) is 2. The molecule has 0 unspecified atom stereocenters. The van der Waals surface area contributed by atoms with Gasteiger partial charge in [0, 0.05) is 13.6 Å². The van der Waals surface area contributed by atoms with Crippen LogP contribution in [0.4, 0.5) is 11.6 Å². The van der Waals surface area contributed by atoms with E-state index in [2.05, 4.69) is 10.3 Å². The Morgan fingerprint density at radius 3 is 2.83 bits per heavy atom. The number of rotatable bonds is 4. The molecule has 18 heavy (non-hydrogen) atoms. The summed E-state index contributed by atoms with van der Waals surface area (Å²) in [5, 5.41) is 23.3. The molecule has 0 saturated heterocycles. The molecule has 1 aliphatic rings. The Bertz CT molecular complexity index is 424.